The molecule has 0 radical (unpaired) electrons. The van der Waals surface area contributed by atoms with Crippen molar-refractivity contribution in [2.75, 3.05) is 14.2 Å². The maximum absolute atomic E-state index is 14.1. The third kappa shape index (κ3) is 3.14. The second-order valence-electron chi connectivity index (χ2n) is 4.28. The van der Waals surface area contributed by atoms with E-state index in [1.165, 1.54) is 6.07 Å². The van der Waals surface area contributed by atoms with E-state index in [1.54, 1.807) is 20.2 Å². The van der Waals surface area contributed by atoms with Gasteiger partial charge in [-0.05, 0) is 52.8 Å². The number of ether oxygens (including phenoxy) is 1. The molecule has 106 valence electrons. The number of halogens is 3. The summed E-state index contributed by atoms with van der Waals surface area (Å²) in [6.45, 7) is 0. The van der Waals surface area contributed by atoms with Gasteiger partial charge in [0.1, 0.15) is 11.6 Å². The largest absolute Gasteiger partial charge is 0.497 e. The van der Waals surface area contributed by atoms with E-state index in [0.717, 1.165) is 11.3 Å². The van der Waals surface area contributed by atoms with Gasteiger partial charge in [-0.3, -0.25) is 0 Å². The lowest BCUT2D eigenvalue weighted by molar-refractivity contribution is 0.414. The Balaban J connectivity index is 2.43. The van der Waals surface area contributed by atoms with E-state index in [1.807, 2.05) is 24.3 Å². The molecule has 2 rings (SSSR count). The van der Waals surface area contributed by atoms with Crippen molar-refractivity contribution in [3.8, 4) is 5.75 Å². The molecule has 1 atom stereocenters. The number of benzene rings is 2. The van der Waals surface area contributed by atoms with Crippen molar-refractivity contribution in [2.45, 2.75) is 6.04 Å². The zero-order valence-electron chi connectivity index (χ0n) is 11.1. The van der Waals surface area contributed by atoms with Crippen molar-refractivity contribution in [2.24, 2.45) is 0 Å². The van der Waals surface area contributed by atoms with E-state index in [-0.39, 0.29) is 11.9 Å². The van der Waals surface area contributed by atoms with Gasteiger partial charge in [-0.15, -0.1) is 0 Å². The van der Waals surface area contributed by atoms with Gasteiger partial charge >= 0.3 is 0 Å². The van der Waals surface area contributed by atoms with Crippen LogP contribution in [0.15, 0.2) is 40.9 Å². The fraction of sp³-hybridized carbons (Fsp3) is 0.200. The molecule has 1 unspecified atom stereocenters. The van der Waals surface area contributed by atoms with Crippen LogP contribution in [0.5, 0.6) is 5.75 Å². The molecule has 0 saturated heterocycles. The Morgan fingerprint density at radius 2 is 1.90 bits per heavy atom. The first-order chi connectivity index (χ1) is 9.56. The minimum Gasteiger partial charge on any atom is -0.497 e. The molecule has 0 fully saturated rings. The SMILES string of the molecule is CNC(c1ccc(OC)cc1)c1cc(Cl)c(Br)cc1F. The Kier molecular flexibility index (Phi) is 5.02. The molecular formula is C15H14BrClFNO. The molecule has 0 heterocycles. The Morgan fingerprint density at radius 3 is 2.45 bits per heavy atom. The maximum atomic E-state index is 14.1. The number of nitrogens with one attached hydrogen (secondary N) is 1. The lowest BCUT2D eigenvalue weighted by Crippen LogP contribution is -2.19. The van der Waals surface area contributed by atoms with Gasteiger partial charge in [0.2, 0.25) is 0 Å². The molecular weight excluding hydrogens is 345 g/mol. The van der Waals surface area contributed by atoms with Gasteiger partial charge in [-0.1, -0.05) is 23.7 Å². The van der Waals surface area contributed by atoms with Gasteiger partial charge in [0.25, 0.3) is 0 Å². The second kappa shape index (κ2) is 6.57. The number of hydrogen-bond donors (Lipinski definition) is 1. The Bertz CT molecular complexity index is 604. The van der Waals surface area contributed by atoms with Gasteiger partial charge < -0.3 is 10.1 Å². The first-order valence-corrected chi connectivity index (χ1v) is 7.19. The smallest absolute Gasteiger partial charge is 0.129 e. The van der Waals surface area contributed by atoms with Crippen molar-refractivity contribution < 1.29 is 9.13 Å². The highest BCUT2D eigenvalue weighted by molar-refractivity contribution is 9.10. The zero-order valence-corrected chi connectivity index (χ0v) is 13.4. The predicted molar refractivity (Wildman–Crippen MR) is 83.0 cm³/mol. The fourth-order valence-corrected chi connectivity index (χ4v) is 2.54. The van der Waals surface area contributed by atoms with Crippen molar-refractivity contribution >= 4 is 27.5 Å². The van der Waals surface area contributed by atoms with Crippen LogP contribution in [0.2, 0.25) is 5.02 Å². The van der Waals surface area contributed by atoms with E-state index >= 15 is 0 Å². The molecule has 0 aromatic heterocycles. The van der Waals surface area contributed by atoms with Crippen LogP contribution in [0.1, 0.15) is 17.2 Å². The molecule has 5 heteroatoms. The van der Waals surface area contributed by atoms with E-state index in [0.29, 0.717) is 15.1 Å². The van der Waals surface area contributed by atoms with E-state index in [9.17, 15) is 4.39 Å². The monoisotopic (exact) mass is 357 g/mol. The summed E-state index contributed by atoms with van der Waals surface area (Å²) in [5.74, 6) is 0.453. The number of rotatable bonds is 4. The van der Waals surface area contributed by atoms with E-state index in [4.69, 9.17) is 16.3 Å². The topological polar surface area (TPSA) is 21.3 Å². The summed E-state index contributed by atoms with van der Waals surface area (Å²) in [5.41, 5.74) is 1.44. The van der Waals surface area contributed by atoms with Gasteiger partial charge in [0.15, 0.2) is 0 Å². The minimum atomic E-state index is -0.309. The average Bonchev–Trinajstić information content (AvgIpc) is 2.46. The Labute approximate surface area is 131 Å². The van der Waals surface area contributed by atoms with Crippen LogP contribution in [-0.2, 0) is 0 Å². The van der Waals surface area contributed by atoms with Gasteiger partial charge in [0.05, 0.1) is 18.2 Å². The maximum Gasteiger partial charge on any atom is 0.129 e. The van der Waals surface area contributed by atoms with Crippen LogP contribution < -0.4 is 10.1 Å². The first kappa shape index (κ1) is 15.3. The minimum absolute atomic E-state index is 0.272. The number of hydrogen-bond acceptors (Lipinski definition) is 2. The summed E-state index contributed by atoms with van der Waals surface area (Å²) < 4.78 is 19.8. The predicted octanol–water partition coefficient (Wildman–Crippen LogP) is 4.56. The summed E-state index contributed by atoms with van der Waals surface area (Å²) in [4.78, 5) is 0. The van der Waals surface area contributed by atoms with Gasteiger partial charge in [-0.2, -0.15) is 0 Å². The first-order valence-electron chi connectivity index (χ1n) is 6.02. The van der Waals surface area contributed by atoms with Crippen molar-refractivity contribution in [3.05, 3.63) is 62.8 Å². The molecule has 20 heavy (non-hydrogen) atoms. The molecule has 1 N–H and O–H groups in total. The van der Waals surface area contributed by atoms with Crippen LogP contribution >= 0.6 is 27.5 Å². The summed E-state index contributed by atoms with van der Waals surface area (Å²) in [5, 5.41) is 3.59. The third-order valence-electron chi connectivity index (χ3n) is 3.09. The van der Waals surface area contributed by atoms with Crippen molar-refractivity contribution in [3.63, 3.8) is 0 Å². The Hall–Kier alpha value is -1.10. The number of methoxy groups -OCH3 is 1. The van der Waals surface area contributed by atoms with E-state index in [2.05, 4.69) is 21.2 Å². The Morgan fingerprint density at radius 1 is 1.25 bits per heavy atom. The van der Waals surface area contributed by atoms with Crippen molar-refractivity contribution in [1.29, 1.82) is 0 Å². The van der Waals surface area contributed by atoms with Crippen LogP contribution in [0.3, 0.4) is 0 Å². The molecule has 0 aliphatic rings. The standard InChI is InChI=1S/C15H14BrClFNO/c1-19-15(9-3-5-10(20-2)6-4-9)11-7-13(17)12(16)8-14(11)18/h3-8,15,19H,1-2H3. The second-order valence-corrected chi connectivity index (χ2v) is 5.54. The molecule has 0 aliphatic carbocycles. The van der Waals surface area contributed by atoms with E-state index < -0.39 is 0 Å². The fourth-order valence-electron chi connectivity index (χ4n) is 2.06. The lowest BCUT2D eigenvalue weighted by atomic mass is 9.98. The summed E-state index contributed by atoms with van der Waals surface area (Å²) >= 11 is 9.28. The lowest BCUT2D eigenvalue weighted by Gasteiger charge is -2.19. The molecule has 2 aromatic rings. The van der Waals surface area contributed by atoms with Crippen LogP contribution in [0.4, 0.5) is 4.39 Å². The van der Waals surface area contributed by atoms with Crippen LogP contribution in [0.25, 0.3) is 0 Å². The summed E-state index contributed by atoms with van der Waals surface area (Å²) in [7, 11) is 3.39. The van der Waals surface area contributed by atoms with Gasteiger partial charge in [0, 0.05) is 10.0 Å². The molecule has 0 amide bonds. The molecule has 2 aromatic carbocycles. The molecule has 0 saturated carbocycles. The zero-order chi connectivity index (χ0) is 14.7. The highest BCUT2D eigenvalue weighted by atomic mass is 79.9. The quantitative estimate of drug-likeness (QED) is 0.809. The highest BCUT2D eigenvalue weighted by Gasteiger charge is 2.18. The van der Waals surface area contributed by atoms with Crippen LogP contribution in [-0.4, -0.2) is 14.2 Å². The third-order valence-corrected chi connectivity index (χ3v) is 4.29. The van der Waals surface area contributed by atoms with Crippen LogP contribution in [0, 0.1) is 5.82 Å². The summed E-state index contributed by atoms with van der Waals surface area (Å²) in [6, 6.07) is 10.2. The molecule has 0 aliphatic heterocycles. The molecule has 2 nitrogen and oxygen atoms in total. The normalized spacial score (nSPS) is 12.2. The van der Waals surface area contributed by atoms with Gasteiger partial charge in [-0.25, -0.2) is 4.39 Å². The average molecular weight is 359 g/mol. The highest BCUT2D eigenvalue weighted by Crippen LogP contribution is 2.32. The molecule has 0 bridgehead atoms. The molecule has 0 spiro atoms. The summed E-state index contributed by atoms with van der Waals surface area (Å²) in [6.07, 6.45) is 0. The van der Waals surface area contributed by atoms with Crippen molar-refractivity contribution in [1.82, 2.24) is 5.32 Å².